The molecule has 7 heteroatoms. The van der Waals surface area contributed by atoms with Gasteiger partial charge in [0.2, 0.25) is 5.91 Å². The van der Waals surface area contributed by atoms with Gasteiger partial charge in [0.1, 0.15) is 11.1 Å². The largest absolute Gasteiger partial charge is 0.310 e. The van der Waals surface area contributed by atoms with Crippen LogP contribution in [-0.2, 0) is 14.6 Å². The SMILES string of the molecule is CC(C)C[C@@H](C)n1nccc1NC(=O)[C@@H](C)S(C)(=O)=O. The molecule has 1 aromatic heterocycles. The summed E-state index contributed by atoms with van der Waals surface area (Å²) >= 11 is 0. The standard InChI is InChI=1S/C13H23N3O3S/c1-9(2)8-10(3)16-12(6-7-14-16)15-13(17)11(4)20(5,18)19/h6-7,9-11H,8H2,1-5H3,(H,15,17)/t10-,11-/m1/s1. The van der Waals surface area contributed by atoms with Crippen LogP contribution in [0.5, 0.6) is 0 Å². The molecular formula is C13H23N3O3S. The van der Waals surface area contributed by atoms with Crippen LogP contribution < -0.4 is 5.32 Å². The summed E-state index contributed by atoms with van der Waals surface area (Å²) in [6.07, 6.45) is 3.57. The second kappa shape index (κ2) is 6.39. The molecule has 0 aliphatic rings. The van der Waals surface area contributed by atoms with E-state index in [2.05, 4.69) is 24.3 Å². The van der Waals surface area contributed by atoms with Crippen LogP contribution in [0.15, 0.2) is 12.3 Å². The van der Waals surface area contributed by atoms with E-state index >= 15 is 0 Å². The summed E-state index contributed by atoms with van der Waals surface area (Å²) in [5, 5.41) is 5.75. The molecule has 0 saturated carbocycles. The first kappa shape index (κ1) is 16.7. The minimum Gasteiger partial charge on any atom is -0.310 e. The number of carbonyl (C=O) groups is 1. The number of aromatic nitrogens is 2. The number of amides is 1. The maximum Gasteiger partial charge on any atom is 0.243 e. The van der Waals surface area contributed by atoms with Crippen molar-refractivity contribution < 1.29 is 13.2 Å². The minimum atomic E-state index is -3.40. The summed E-state index contributed by atoms with van der Waals surface area (Å²) < 4.78 is 24.5. The van der Waals surface area contributed by atoms with Crippen molar-refractivity contribution in [2.45, 2.75) is 45.4 Å². The Balaban J connectivity index is 2.85. The van der Waals surface area contributed by atoms with Crippen molar-refractivity contribution in [2.75, 3.05) is 11.6 Å². The van der Waals surface area contributed by atoms with Gasteiger partial charge in [0.05, 0.1) is 12.2 Å². The molecule has 0 fully saturated rings. The third kappa shape index (κ3) is 4.33. The van der Waals surface area contributed by atoms with E-state index in [9.17, 15) is 13.2 Å². The van der Waals surface area contributed by atoms with Gasteiger partial charge < -0.3 is 5.32 Å². The van der Waals surface area contributed by atoms with Crippen molar-refractivity contribution in [2.24, 2.45) is 5.92 Å². The first-order valence-electron chi connectivity index (χ1n) is 6.66. The molecule has 1 N–H and O–H groups in total. The Labute approximate surface area is 120 Å². The summed E-state index contributed by atoms with van der Waals surface area (Å²) in [6, 6.07) is 1.80. The number of nitrogens with one attached hydrogen (secondary N) is 1. The zero-order valence-electron chi connectivity index (χ0n) is 12.6. The predicted octanol–water partition coefficient (Wildman–Crippen LogP) is 1.86. The molecule has 0 unspecified atom stereocenters. The quantitative estimate of drug-likeness (QED) is 0.869. The molecule has 0 radical (unpaired) electrons. The van der Waals surface area contributed by atoms with Crippen LogP contribution in [0, 0.1) is 5.92 Å². The maximum absolute atomic E-state index is 11.9. The van der Waals surface area contributed by atoms with Crippen LogP contribution in [0.2, 0.25) is 0 Å². The molecule has 0 spiro atoms. The lowest BCUT2D eigenvalue weighted by Gasteiger charge is -2.18. The second-order valence-electron chi connectivity index (χ2n) is 5.60. The zero-order valence-corrected chi connectivity index (χ0v) is 13.4. The van der Waals surface area contributed by atoms with Gasteiger partial charge in [-0.05, 0) is 26.2 Å². The van der Waals surface area contributed by atoms with E-state index in [0.29, 0.717) is 11.7 Å². The molecule has 1 aromatic rings. The van der Waals surface area contributed by atoms with Gasteiger partial charge in [-0.25, -0.2) is 13.1 Å². The first-order valence-corrected chi connectivity index (χ1v) is 8.61. The second-order valence-corrected chi connectivity index (χ2v) is 7.97. The lowest BCUT2D eigenvalue weighted by atomic mass is 10.1. The van der Waals surface area contributed by atoms with E-state index < -0.39 is 21.0 Å². The van der Waals surface area contributed by atoms with Crippen LogP contribution in [0.25, 0.3) is 0 Å². The molecule has 0 saturated heterocycles. The van der Waals surface area contributed by atoms with E-state index in [1.54, 1.807) is 16.9 Å². The van der Waals surface area contributed by atoms with Crippen molar-refractivity contribution in [3.63, 3.8) is 0 Å². The van der Waals surface area contributed by atoms with E-state index in [1.807, 2.05) is 6.92 Å². The lowest BCUT2D eigenvalue weighted by Crippen LogP contribution is -2.32. The normalized spacial score (nSPS) is 15.1. The van der Waals surface area contributed by atoms with E-state index in [1.165, 1.54) is 6.92 Å². The van der Waals surface area contributed by atoms with Crippen LogP contribution in [0.3, 0.4) is 0 Å². The van der Waals surface area contributed by atoms with Crippen LogP contribution in [-0.4, -0.2) is 35.6 Å². The highest BCUT2D eigenvalue weighted by atomic mass is 32.2. The van der Waals surface area contributed by atoms with E-state index in [0.717, 1.165) is 12.7 Å². The van der Waals surface area contributed by atoms with Crippen molar-refractivity contribution in [1.29, 1.82) is 0 Å². The van der Waals surface area contributed by atoms with Crippen LogP contribution in [0.1, 0.15) is 40.2 Å². The number of carbonyl (C=O) groups excluding carboxylic acids is 1. The number of hydrogen-bond donors (Lipinski definition) is 1. The van der Waals surface area contributed by atoms with Gasteiger partial charge in [-0.3, -0.25) is 4.79 Å². The van der Waals surface area contributed by atoms with Crippen molar-refractivity contribution in [3.05, 3.63) is 12.3 Å². The summed E-state index contributed by atoms with van der Waals surface area (Å²) in [7, 11) is -3.40. The van der Waals surface area contributed by atoms with Gasteiger partial charge in [0.25, 0.3) is 0 Å². The highest BCUT2D eigenvalue weighted by Gasteiger charge is 2.24. The number of sulfone groups is 1. The number of hydrogen-bond acceptors (Lipinski definition) is 4. The Morgan fingerprint density at radius 2 is 1.95 bits per heavy atom. The topological polar surface area (TPSA) is 81.1 Å². The van der Waals surface area contributed by atoms with E-state index in [-0.39, 0.29) is 6.04 Å². The Bertz CT molecular complexity index is 563. The Hall–Kier alpha value is -1.37. The first-order chi connectivity index (χ1) is 9.12. The Morgan fingerprint density at radius 3 is 2.45 bits per heavy atom. The molecule has 1 heterocycles. The molecule has 114 valence electrons. The summed E-state index contributed by atoms with van der Waals surface area (Å²) in [5.41, 5.74) is 0. The molecule has 2 atom stereocenters. The molecule has 6 nitrogen and oxygen atoms in total. The average Bonchev–Trinajstić information content (AvgIpc) is 2.73. The monoisotopic (exact) mass is 301 g/mol. The molecule has 20 heavy (non-hydrogen) atoms. The Morgan fingerprint density at radius 1 is 1.35 bits per heavy atom. The van der Waals surface area contributed by atoms with Gasteiger partial charge in [0, 0.05) is 12.3 Å². The smallest absolute Gasteiger partial charge is 0.243 e. The number of anilines is 1. The fraction of sp³-hybridized carbons (Fsp3) is 0.692. The van der Waals surface area contributed by atoms with Gasteiger partial charge in [-0.15, -0.1) is 0 Å². The van der Waals surface area contributed by atoms with Gasteiger partial charge >= 0.3 is 0 Å². The predicted molar refractivity (Wildman–Crippen MR) is 79.3 cm³/mol. The van der Waals surface area contributed by atoms with Crippen molar-refractivity contribution in [1.82, 2.24) is 9.78 Å². The fourth-order valence-corrected chi connectivity index (χ4v) is 2.42. The summed E-state index contributed by atoms with van der Waals surface area (Å²) in [6.45, 7) is 7.62. The molecule has 1 rings (SSSR count). The molecule has 0 aliphatic heterocycles. The molecular weight excluding hydrogens is 278 g/mol. The Kier molecular flexibility index (Phi) is 5.33. The molecule has 1 amide bonds. The molecule has 0 aromatic carbocycles. The fourth-order valence-electron chi connectivity index (χ4n) is 1.97. The average molecular weight is 301 g/mol. The molecule has 0 aliphatic carbocycles. The summed E-state index contributed by atoms with van der Waals surface area (Å²) in [4.78, 5) is 11.9. The lowest BCUT2D eigenvalue weighted by molar-refractivity contribution is -0.115. The van der Waals surface area contributed by atoms with E-state index in [4.69, 9.17) is 0 Å². The molecule has 0 bridgehead atoms. The number of rotatable bonds is 6. The highest BCUT2D eigenvalue weighted by molar-refractivity contribution is 7.92. The van der Waals surface area contributed by atoms with Gasteiger partial charge in [0.15, 0.2) is 9.84 Å². The van der Waals surface area contributed by atoms with Crippen LogP contribution >= 0.6 is 0 Å². The van der Waals surface area contributed by atoms with Gasteiger partial charge in [-0.2, -0.15) is 5.10 Å². The third-order valence-electron chi connectivity index (χ3n) is 3.16. The van der Waals surface area contributed by atoms with Crippen LogP contribution in [0.4, 0.5) is 5.82 Å². The van der Waals surface area contributed by atoms with Crippen molar-refractivity contribution in [3.8, 4) is 0 Å². The third-order valence-corrected chi connectivity index (χ3v) is 4.66. The highest BCUT2D eigenvalue weighted by Crippen LogP contribution is 2.21. The van der Waals surface area contributed by atoms with Crippen molar-refractivity contribution >= 4 is 21.6 Å². The number of nitrogens with zero attached hydrogens (tertiary/aromatic N) is 2. The van der Waals surface area contributed by atoms with Gasteiger partial charge in [-0.1, -0.05) is 13.8 Å². The maximum atomic E-state index is 11.9. The summed E-state index contributed by atoms with van der Waals surface area (Å²) in [5.74, 6) is 0.498. The minimum absolute atomic E-state index is 0.133. The zero-order chi connectivity index (χ0) is 15.5.